The third-order valence-electron chi connectivity index (χ3n) is 4.91. The number of aryl methyl sites for hydroxylation is 1. The minimum atomic E-state index is 0.290. The van der Waals surface area contributed by atoms with Crippen molar-refractivity contribution in [2.45, 2.75) is 65.3 Å². The molecule has 0 heterocycles. The van der Waals surface area contributed by atoms with Crippen molar-refractivity contribution in [2.24, 2.45) is 17.2 Å². The molecule has 20 heavy (non-hydrogen) atoms. The monoisotopic (exact) mass is 274 g/mol. The highest BCUT2D eigenvalue weighted by molar-refractivity contribution is 5.27. The number of hydrazine groups is 1. The molecule has 0 bridgehead atoms. The standard InChI is InChI=1S/C18H30N2/c1-4-15-7-9-16(10-8-15)17(20-19)18(13-14(2)3)11-5-6-12-18/h7-10,14,17,20H,4-6,11-13,19H2,1-3H3. The second-order valence-electron chi connectivity index (χ2n) is 6.86. The minimum absolute atomic E-state index is 0.290. The van der Waals surface area contributed by atoms with Crippen LogP contribution in [0.1, 0.15) is 70.0 Å². The van der Waals surface area contributed by atoms with Crippen LogP contribution in [0.3, 0.4) is 0 Å². The third-order valence-corrected chi connectivity index (χ3v) is 4.91. The van der Waals surface area contributed by atoms with Crippen LogP contribution in [0.2, 0.25) is 0 Å². The van der Waals surface area contributed by atoms with Gasteiger partial charge >= 0.3 is 0 Å². The summed E-state index contributed by atoms with van der Waals surface area (Å²) in [5.74, 6) is 6.69. The van der Waals surface area contributed by atoms with Crippen LogP contribution in [-0.2, 0) is 6.42 Å². The van der Waals surface area contributed by atoms with Crippen LogP contribution in [0.4, 0.5) is 0 Å². The first-order valence-electron chi connectivity index (χ1n) is 8.16. The molecule has 1 aliphatic rings. The normalized spacial score (nSPS) is 19.4. The highest BCUT2D eigenvalue weighted by Crippen LogP contribution is 2.51. The smallest absolute Gasteiger partial charge is 0.0516 e. The molecule has 0 saturated heterocycles. The highest BCUT2D eigenvalue weighted by Gasteiger charge is 2.41. The van der Waals surface area contributed by atoms with Gasteiger partial charge in [0, 0.05) is 0 Å². The van der Waals surface area contributed by atoms with E-state index in [1.54, 1.807) is 0 Å². The topological polar surface area (TPSA) is 38.0 Å². The lowest BCUT2D eigenvalue weighted by atomic mass is 9.70. The molecule has 1 saturated carbocycles. The summed E-state index contributed by atoms with van der Waals surface area (Å²) in [6, 6.07) is 9.32. The van der Waals surface area contributed by atoms with Gasteiger partial charge in [0.25, 0.3) is 0 Å². The van der Waals surface area contributed by atoms with E-state index >= 15 is 0 Å². The molecule has 0 spiro atoms. The zero-order chi connectivity index (χ0) is 14.6. The summed E-state index contributed by atoms with van der Waals surface area (Å²) in [7, 11) is 0. The summed E-state index contributed by atoms with van der Waals surface area (Å²) in [6.07, 6.45) is 7.65. The zero-order valence-corrected chi connectivity index (χ0v) is 13.3. The predicted molar refractivity (Wildman–Crippen MR) is 86.2 cm³/mol. The second kappa shape index (κ2) is 6.73. The van der Waals surface area contributed by atoms with E-state index in [2.05, 4.69) is 50.5 Å². The summed E-state index contributed by atoms with van der Waals surface area (Å²) >= 11 is 0. The molecule has 0 radical (unpaired) electrons. The zero-order valence-electron chi connectivity index (χ0n) is 13.3. The Balaban J connectivity index is 2.27. The molecule has 0 aliphatic heterocycles. The van der Waals surface area contributed by atoms with Crippen molar-refractivity contribution in [2.75, 3.05) is 0 Å². The molecule has 3 N–H and O–H groups in total. The summed E-state index contributed by atoms with van der Waals surface area (Å²) in [6.45, 7) is 6.85. The first kappa shape index (κ1) is 15.5. The molecule has 0 amide bonds. The van der Waals surface area contributed by atoms with Gasteiger partial charge in [0.05, 0.1) is 6.04 Å². The maximum absolute atomic E-state index is 5.97. The number of benzene rings is 1. The Labute approximate surface area is 124 Å². The summed E-state index contributed by atoms with van der Waals surface area (Å²) in [5, 5.41) is 0. The van der Waals surface area contributed by atoms with Gasteiger partial charge in [-0.1, -0.05) is 57.9 Å². The lowest BCUT2D eigenvalue weighted by Crippen LogP contribution is -2.41. The van der Waals surface area contributed by atoms with E-state index in [0.29, 0.717) is 11.5 Å². The van der Waals surface area contributed by atoms with Crippen LogP contribution in [0.25, 0.3) is 0 Å². The van der Waals surface area contributed by atoms with E-state index < -0.39 is 0 Å². The molecule has 1 aliphatic carbocycles. The van der Waals surface area contributed by atoms with Crippen molar-refractivity contribution >= 4 is 0 Å². The fraction of sp³-hybridized carbons (Fsp3) is 0.667. The van der Waals surface area contributed by atoms with Crippen molar-refractivity contribution in [3.8, 4) is 0 Å². The van der Waals surface area contributed by atoms with Crippen molar-refractivity contribution < 1.29 is 0 Å². The van der Waals surface area contributed by atoms with E-state index in [-0.39, 0.29) is 0 Å². The van der Waals surface area contributed by atoms with E-state index in [1.807, 2.05) is 0 Å². The average molecular weight is 274 g/mol. The molecule has 2 nitrogen and oxygen atoms in total. The third kappa shape index (κ3) is 3.24. The average Bonchev–Trinajstić information content (AvgIpc) is 2.88. The Morgan fingerprint density at radius 1 is 1.15 bits per heavy atom. The summed E-state index contributed by atoms with van der Waals surface area (Å²) in [4.78, 5) is 0. The van der Waals surface area contributed by atoms with E-state index in [1.165, 1.54) is 43.2 Å². The summed E-state index contributed by atoms with van der Waals surface area (Å²) in [5.41, 5.74) is 6.24. The molecule has 1 aromatic carbocycles. The van der Waals surface area contributed by atoms with E-state index in [4.69, 9.17) is 5.84 Å². The molecule has 1 fully saturated rings. The number of hydrogen-bond donors (Lipinski definition) is 2. The van der Waals surface area contributed by atoms with Crippen LogP contribution >= 0.6 is 0 Å². The molecular weight excluding hydrogens is 244 g/mol. The van der Waals surface area contributed by atoms with Gasteiger partial charge in [-0.05, 0) is 48.1 Å². The number of hydrogen-bond acceptors (Lipinski definition) is 2. The fourth-order valence-electron chi connectivity index (χ4n) is 4.08. The van der Waals surface area contributed by atoms with Crippen LogP contribution in [0, 0.1) is 11.3 Å². The molecule has 1 aromatic rings. The quantitative estimate of drug-likeness (QED) is 0.597. The minimum Gasteiger partial charge on any atom is -0.271 e. The molecule has 1 atom stereocenters. The van der Waals surface area contributed by atoms with E-state index in [9.17, 15) is 0 Å². The maximum atomic E-state index is 5.97. The van der Waals surface area contributed by atoms with Crippen molar-refractivity contribution in [1.29, 1.82) is 0 Å². The largest absolute Gasteiger partial charge is 0.271 e. The molecule has 112 valence electrons. The SMILES string of the molecule is CCc1ccc(C(NN)C2(CC(C)C)CCCC2)cc1. The number of rotatable bonds is 6. The molecule has 1 unspecified atom stereocenters. The molecule has 2 heteroatoms. The Morgan fingerprint density at radius 2 is 1.75 bits per heavy atom. The van der Waals surface area contributed by atoms with Crippen LogP contribution in [0.15, 0.2) is 24.3 Å². The number of nitrogens with two attached hydrogens (primary N) is 1. The highest BCUT2D eigenvalue weighted by atomic mass is 15.2. The number of nitrogens with one attached hydrogen (secondary N) is 1. The van der Waals surface area contributed by atoms with Crippen molar-refractivity contribution in [3.63, 3.8) is 0 Å². The first-order valence-corrected chi connectivity index (χ1v) is 8.16. The van der Waals surface area contributed by atoms with Crippen LogP contribution in [-0.4, -0.2) is 0 Å². The lowest BCUT2D eigenvalue weighted by molar-refractivity contribution is 0.156. The summed E-state index contributed by atoms with van der Waals surface area (Å²) < 4.78 is 0. The van der Waals surface area contributed by atoms with E-state index in [0.717, 1.165) is 12.3 Å². The van der Waals surface area contributed by atoms with Gasteiger partial charge in [0.1, 0.15) is 0 Å². The molecule has 2 rings (SSSR count). The second-order valence-corrected chi connectivity index (χ2v) is 6.86. The van der Waals surface area contributed by atoms with Gasteiger partial charge < -0.3 is 0 Å². The van der Waals surface area contributed by atoms with Crippen molar-refractivity contribution in [1.82, 2.24) is 5.43 Å². The van der Waals surface area contributed by atoms with Crippen LogP contribution < -0.4 is 11.3 Å². The van der Waals surface area contributed by atoms with Gasteiger partial charge in [-0.2, -0.15) is 0 Å². The lowest BCUT2D eigenvalue weighted by Gasteiger charge is -2.39. The van der Waals surface area contributed by atoms with Gasteiger partial charge in [-0.3, -0.25) is 11.3 Å². The van der Waals surface area contributed by atoms with Gasteiger partial charge in [-0.15, -0.1) is 0 Å². The predicted octanol–water partition coefficient (Wildman–Crippen LogP) is 4.36. The van der Waals surface area contributed by atoms with Gasteiger partial charge in [0.15, 0.2) is 0 Å². The Kier molecular flexibility index (Phi) is 5.22. The first-order chi connectivity index (χ1) is 9.61. The Morgan fingerprint density at radius 3 is 2.20 bits per heavy atom. The fourth-order valence-corrected chi connectivity index (χ4v) is 4.08. The van der Waals surface area contributed by atoms with Gasteiger partial charge in [0.2, 0.25) is 0 Å². The molecule has 0 aromatic heterocycles. The van der Waals surface area contributed by atoms with Crippen molar-refractivity contribution in [3.05, 3.63) is 35.4 Å². The van der Waals surface area contributed by atoms with Gasteiger partial charge in [-0.25, -0.2) is 0 Å². The Bertz CT molecular complexity index is 402. The molecular formula is C18H30N2. The Hall–Kier alpha value is -0.860. The maximum Gasteiger partial charge on any atom is 0.0516 e. The van der Waals surface area contributed by atoms with Crippen LogP contribution in [0.5, 0.6) is 0 Å².